The van der Waals surface area contributed by atoms with Crippen LogP contribution < -0.4 is 0 Å². The Labute approximate surface area is 142 Å². The highest BCUT2D eigenvalue weighted by Gasteiger charge is 2.40. The molecule has 126 valence electrons. The summed E-state index contributed by atoms with van der Waals surface area (Å²) in [5.74, 6) is 0.540. The van der Waals surface area contributed by atoms with Crippen molar-refractivity contribution in [1.82, 2.24) is 9.80 Å². The van der Waals surface area contributed by atoms with Crippen molar-refractivity contribution in [3.8, 4) is 6.07 Å². The molecule has 2 fully saturated rings. The second kappa shape index (κ2) is 7.04. The Balaban J connectivity index is 1.75. The van der Waals surface area contributed by atoms with E-state index in [-0.39, 0.29) is 17.9 Å². The first-order chi connectivity index (χ1) is 11.7. The Hall–Kier alpha value is -2.35. The topological polar surface area (TPSA) is 64.4 Å². The average molecular weight is 325 g/mol. The Bertz CT molecular complexity index is 679. The number of hydrogen-bond acceptors (Lipinski definition) is 3. The largest absolute Gasteiger partial charge is 0.339 e. The summed E-state index contributed by atoms with van der Waals surface area (Å²) in [5.41, 5.74) is 0.909. The number of carbonyl (C=O) groups excluding carboxylic acids is 2. The Kier molecular flexibility index (Phi) is 4.84. The second-order valence-electron chi connectivity index (χ2n) is 6.65. The molecule has 2 atom stereocenters. The van der Waals surface area contributed by atoms with Crippen molar-refractivity contribution in [2.24, 2.45) is 5.92 Å². The molecule has 0 N–H and O–H groups in total. The van der Waals surface area contributed by atoms with Crippen molar-refractivity contribution >= 4 is 11.8 Å². The lowest BCUT2D eigenvalue weighted by molar-refractivity contribution is -0.140. The predicted octanol–water partition coefficient (Wildman–Crippen LogP) is 2.42. The molecular formula is C19H23N3O2. The maximum atomic E-state index is 12.8. The minimum absolute atomic E-state index is 0.0652. The summed E-state index contributed by atoms with van der Waals surface area (Å²) in [7, 11) is 0. The van der Waals surface area contributed by atoms with Crippen LogP contribution in [0.5, 0.6) is 0 Å². The fraction of sp³-hybridized carbons (Fsp3) is 0.526. The number of nitriles is 1. The van der Waals surface area contributed by atoms with Gasteiger partial charge in [-0.2, -0.15) is 5.26 Å². The highest BCUT2D eigenvalue weighted by molar-refractivity contribution is 5.96. The van der Waals surface area contributed by atoms with E-state index in [1.54, 1.807) is 24.3 Å². The first-order valence-corrected chi connectivity index (χ1v) is 8.73. The van der Waals surface area contributed by atoms with Crippen molar-refractivity contribution in [1.29, 1.82) is 5.26 Å². The predicted molar refractivity (Wildman–Crippen MR) is 90.2 cm³/mol. The summed E-state index contributed by atoms with van der Waals surface area (Å²) < 4.78 is 0. The molecule has 2 amide bonds. The van der Waals surface area contributed by atoms with Crippen molar-refractivity contribution in [3.63, 3.8) is 0 Å². The van der Waals surface area contributed by atoms with Crippen molar-refractivity contribution in [2.45, 2.75) is 38.6 Å². The zero-order chi connectivity index (χ0) is 17.1. The molecule has 0 bridgehead atoms. The summed E-state index contributed by atoms with van der Waals surface area (Å²) in [6, 6.07) is 9.34. The number of piperidine rings is 2. The van der Waals surface area contributed by atoms with Gasteiger partial charge >= 0.3 is 0 Å². The summed E-state index contributed by atoms with van der Waals surface area (Å²) >= 11 is 0. The van der Waals surface area contributed by atoms with Gasteiger partial charge in [0, 0.05) is 32.1 Å². The van der Waals surface area contributed by atoms with Gasteiger partial charge < -0.3 is 9.80 Å². The van der Waals surface area contributed by atoms with Crippen molar-refractivity contribution < 1.29 is 9.59 Å². The lowest BCUT2D eigenvalue weighted by atomic mass is 9.83. The van der Waals surface area contributed by atoms with Gasteiger partial charge in [0.1, 0.15) is 0 Å². The van der Waals surface area contributed by atoms with Gasteiger partial charge in [0.15, 0.2) is 0 Å². The SMILES string of the molecule is CCCN1C(=O)CC[C@H]2CN(C(=O)c3ccccc3C#N)CC[C@H]21. The van der Waals surface area contributed by atoms with Gasteiger partial charge in [-0.05, 0) is 37.3 Å². The summed E-state index contributed by atoms with van der Waals surface area (Å²) in [6.45, 7) is 4.23. The average Bonchev–Trinajstić information content (AvgIpc) is 2.63. The smallest absolute Gasteiger partial charge is 0.255 e. The van der Waals surface area contributed by atoms with Crippen LogP contribution in [0.4, 0.5) is 0 Å². The van der Waals surface area contributed by atoms with Crippen molar-refractivity contribution in [2.75, 3.05) is 19.6 Å². The van der Waals surface area contributed by atoms with E-state index in [9.17, 15) is 14.9 Å². The lowest BCUT2D eigenvalue weighted by Crippen LogP contribution is -2.57. The van der Waals surface area contributed by atoms with E-state index in [1.165, 1.54) is 0 Å². The zero-order valence-electron chi connectivity index (χ0n) is 14.1. The highest BCUT2D eigenvalue weighted by Crippen LogP contribution is 2.32. The lowest BCUT2D eigenvalue weighted by Gasteiger charge is -2.47. The maximum absolute atomic E-state index is 12.8. The number of carbonyl (C=O) groups is 2. The highest BCUT2D eigenvalue weighted by atomic mass is 16.2. The van der Waals surface area contributed by atoms with E-state index in [0.29, 0.717) is 36.6 Å². The first-order valence-electron chi connectivity index (χ1n) is 8.73. The van der Waals surface area contributed by atoms with Gasteiger partial charge in [0.2, 0.25) is 5.91 Å². The molecule has 0 radical (unpaired) electrons. The fourth-order valence-electron chi connectivity index (χ4n) is 4.00. The van der Waals surface area contributed by atoms with Crippen LogP contribution in [0.15, 0.2) is 24.3 Å². The van der Waals surface area contributed by atoms with E-state index < -0.39 is 0 Å². The van der Waals surface area contributed by atoms with Crippen LogP contribution in [0, 0.1) is 17.2 Å². The van der Waals surface area contributed by atoms with Crippen LogP contribution in [0.3, 0.4) is 0 Å². The minimum atomic E-state index is -0.0652. The Morgan fingerprint density at radius 3 is 2.88 bits per heavy atom. The first kappa shape index (κ1) is 16.5. The van der Waals surface area contributed by atoms with Crippen LogP contribution in [0.1, 0.15) is 48.5 Å². The molecule has 2 saturated heterocycles. The molecular weight excluding hydrogens is 302 g/mol. The number of nitrogens with zero attached hydrogens (tertiary/aromatic N) is 3. The van der Waals surface area contributed by atoms with Crippen LogP contribution in [-0.2, 0) is 4.79 Å². The minimum Gasteiger partial charge on any atom is -0.339 e. The summed E-state index contributed by atoms with van der Waals surface area (Å²) in [6.07, 6.45) is 3.23. The molecule has 2 aliphatic rings. The molecule has 2 aliphatic heterocycles. The van der Waals surface area contributed by atoms with E-state index in [1.807, 2.05) is 9.80 Å². The molecule has 0 unspecified atom stereocenters. The molecule has 1 aromatic carbocycles. The van der Waals surface area contributed by atoms with Crippen LogP contribution in [0.25, 0.3) is 0 Å². The molecule has 0 spiro atoms. The molecule has 5 nitrogen and oxygen atoms in total. The third-order valence-corrected chi connectivity index (χ3v) is 5.17. The van der Waals surface area contributed by atoms with Crippen LogP contribution in [-0.4, -0.2) is 47.3 Å². The van der Waals surface area contributed by atoms with E-state index in [2.05, 4.69) is 13.0 Å². The second-order valence-corrected chi connectivity index (χ2v) is 6.65. The molecule has 2 heterocycles. The standard InChI is InChI=1S/C19H23N3O2/c1-2-10-22-17-9-11-21(13-15(17)7-8-18(22)23)19(24)16-6-4-3-5-14(16)12-20/h3-6,15,17H,2,7-11,13H2,1H3/t15-,17+/m0/s1. The van der Waals surface area contributed by atoms with Gasteiger partial charge in [-0.3, -0.25) is 9.59 Å². The third kappa shape index (κ3) is 3.01. The normalized spacial score (nSPS) is 23.6. The van der Waals surface area contributed by atoms with E-state index in [0.717, 1.165) is 25.8 Å². The van der Waals surface area contributed by atoms with E-state index >= 15 is 0 Å². The van der Waals surface area contributed by atoms with Gasteiger partial charge in [-0.1, -0.05) is 19.1 Å². The maximum Gasteiger partial charge on any atom is 0.255 e. The summed E-state index contributed by atoms with van der Waals surface area (Å²) in [5, 5.41) is 9.21. The molecule has 24 heavy (non-hydrogen) atoms. The van der Waals surface area contributed by atoms with E-state index in [4.69, 9.17) is 0 Å². The van der Waals surface area contributed by atoms with Gasteiger partial charge in [-0.25, -0.2) is 0 Å². The number of hydrogen-bond donors (Lipinski definition) is 0. The zero-order valence-corrected chi connectivity index (χ0v) is 14.1. The number of fused-ring (bicyclic) bond motifs is 1. The Morgan fingerprint density at radius 1 is 1.33 bits per heavy atom. The quantitative estimate of drug-likeness (QED) is 0.857. The number of benzene rings is 1. The van der Waals surface area contributed by atoms with Gasteiger partial charge in [0.05, 0.1) is 17.2 Å². The number of amides is 2. The summed E-state index contributed by atoms with van der Waals surface area (Å²) in [4.78, 5) is 28.9. The van der Waals surface area contributed by atoms with Crippen molar-refractivity contribution in [3.05, 3.63) is 35.4 Å². The van der Waals surface area contributed by atoms with Crippen LogP contribution in [0.2, 0.25) is 0 Å². The number of rotatable bonds is 3. The molecule has 0 saturated carbocycles. The molecule has 3 rings (SSSR count). The third-order valence-electron chi connectivity index (χ3n) is 5.17. The van der Waals surface area contributed by atoms with Gasteiger partial charge in [-0.15, -0.1) is 0 Å². The Morgan fingerprint density at radius 2 is 2.12 bits per heavy atom. The monoisotopic (exact) mass is 325 g/mol. The fourth-order valence-corrected chi connectivity index (χ4v) is 4.00. The molecule has 5 heteroatoms. The molecule has 0 aromatic heterocycles. The molecule has 1 aromatic rings. The molecule has 0 aliphatic carbocycles. The van der Waals surface area contributed by atoms with Crippen LogP contribution >= 0.6 is 0 Å². The number of likely N-dealkylation sites (tertiary alicyclic amines) is 2. The van der Waals surface area contributed by atoms with Gasteiger partial charge in [0.25, 0.3) is 5.91 Å².